The van der Waals surface area contributed by atoms with Crippen LogP contribution in [0, 0.1) is 6.92 Å². The number of hydrogen-bond donors (Lipinski definition) is 1. The third-order valence-electron chi connectivity index (χ3n) is 2.86. The Morgan fingerprint density at radius 3 is 2.95 bits per heavy atom. The number of rotatable bonds is 4. The second-order valence-electron chi connectivity index (χ2n) is 4.47. The zero-order chi connectivity index (χ0) is 14.1. The topological polar surface area (TPSA) is 60.0 Å². The predicted octanol–water partition coefficient (Wildman–Crippen LogP) is 2.35. The molecule has 0 aromatic carbocycles. The van der Waals surface area contributed by atoms with Crippen molar-refractivity contribution in [2.45, 2.75) is 23.9 Å². The van der Waals surface area contributed by atoms with Gasteiger partial charge in [0.05, 0.1) is 11.9 Å². The van der Waals surface area contributed by atoms with Crippen molar-refractivity contribution in [3.63, 3.8) is 0 Å². The van der Waals surface area contributed by atoms with Crippen LogP contribution in [-0.2, 0) is 7.05 Å². The Kier molecular flexibility index (Phi) is 3.35. The Balaban J connectivity index is 2.05. The highest BCUT2D eigenvalue weighted by molar-refractivity contribution is 7.99. The first-order valence-electron chi connectivity index (χ1n) is 6.43. The summed E-state index contributed by atoms with van der Waals surface area (Å²) in [5.41, 5.74) is 1.85. The molecule has 0 unspecified atom stereocenters. The summed E-state index contributed by atoms with van der Waals surface area (Å²) in [5, 5.41) is 9.52. The summed E-state index contributed by atoms with van der Waals surface area (Å²) in [6.45, 7) is 4.87. The molecule has 20 heavy (non-hydrogen) atoms. The molecule has 1 N–H and O–H groups in total. The molecule has 3 aromatic rings. The number of aryl methyl sites for hydroxylation is 2. The SMILES string of the molecule is CCNc1cn2ccnc2c(Sc2cc(C)nn2C)n1. The molecular formula is C13H16N6S. The highest BCUT2D eigenvalue weighted by atomic mass is 32.2. The lowest BCUT2D eigenvalue weighted by atomic mass is 10.5. The molecule has 104 valence electrons. The molecule has 0 amide bonds. The molecule has 0 aliphatic rings. The number of nitrogens with zero attached hydrogens (tertiary/aromatic N) is 5. The van der Waals surface area contributed by atoms with E-state index in [1.54, 1.807) is 18.0 Å². The number of aromatic nitrogens is 5. The summed E-state index contributed by atoms with van der Waals surface area (Å²) in [6.07, 6.45) is 5.66. The van der Waals surface area contributed by atoms with Gasteiger partial charge in [-0.2, -0.15) is 5.10 Å². The average Bonchev–Trinajstić information content (AvgIpc) is 2.97. The predicted molar refractivity (Wildman–Crippen MR) is 79.2 cm³/mol. The van der Waals surface area contributed by atoms with E-state index in [0.29, 0.717) is 0 Å². The van der Waals surface area contributed by atoms with Crippen LogP contribution in [0.4, 0.5) is 5.82 Å². The molecule has 3 aromatic heterocycles. The van der Waals surface area contributed by atoms with Crippen LogP contribution in [0.2, 0.25) is 0 Å². The fraction of sp³-hybridized carbons (Fsp3) is 0.308. The van der Waals surface area contributed by atoms with E-state index in [2.05, 4.69) is 27.3 Å². The van der Waals surface area contributed by atoms with Crippen molar-refractivity contribution in [2.75, 3.05) is 11.9 Å². The summed E-state index contributed by atoms with van der Waals surface area (Å²) >= 11 is 1.58. The largest absolute Gasteiger partial charge is 0.369 e. The highest BCUT2D eigenvalue weighted by Crippen LogP contribution is 2.30. The fourth-order valence-corrected chi connectivity index (χ4v) is 3.01. The minimum atomic E-state index is 0.835. The van der Waals surface area contributed by atoms with Crippen molar-refractivity contribution >= 4 is 23.2 Å². The highest BCUT2D eigenvalue weighted by Gasteiger charge is 2.12. The summed E-state index contributed by atoms with van der Waals surface area (Å²) < 4.78 is 3.84. The number of hydrogen-bond acceptors (Lipinski definition) is 5. The third kappa shape index (κ3) is 2.36. The number of fused-ring (bicyclic) bond motifs is 1. The molecule has 0 spiro atoms. The average molecular weight is 288 g/mol. The maximum atomic E-state index is 4.64. The van der Waals surface area contributed by atoms with Crippen LogP contribution in [0.3, 0.4) is 0 Å². The van der Waals surface area contributed by atoms with Crippen LogP contribution in [0.1, 0.15) is 12.6 Å². The van der Waals surface area contributed by atoms with E-state index in [1.807, 2.05) is 41.5 Å². The van der Waals surface area contributed by atoms with Crippen LogP contribution >= 0.6 is 11.8 Å². The monoisotopic (exact) mass is 288 g/mol. The minimum Gasteiger partial charge on any atom is -0.369 e. The Morgan fingerprint density at radius 2 is 2.25 bits per heavy atom. The zero-order valence-electron chi connectivity index (χ0n) is 11.7. The quantitative estimate of drug-likeness (QED) is 0.798. The summed E-state index contributed by atoms with van der Waals surface area (Å²) in [7, 11) is 1.94. The van der Waals surface area contributed by atoms with Gasteiger partial charge in [0, 0.05) is 26.0 Å². The number of imidazole rings is 1. The van der Waals surface area contributed by atoms with E-state index in [4.69, 9.17) is 0 Å². The molecule has 6 nitrogen and oxygen atoms in total. The van der Waals surface area contributed by atoms with E-state index in [1.165, 1.54) is 0 Å². The van der Waals surface area contributed by atoms with E-state index < -0.39 is 0 Å². The van der Waals surface area contributed by atoms with Crippen LogP contribution in [0.15, 0.2) is 34.7 Å². The van der Waals surface area contributed by atoms with Gasteiger partial charge in [-0.15, -0.1) is 0 Å². The molecule has 0 saturated carbocycles. The summed E-state index contributed by atoms with van der Waals surface area (Å²) in [4.78, 5) is 9.01. The van der Waals surface area contributed by atoms with Crippen molar-refractivity contribution in [3.05, 3.63) is 30.4 Å². The summed E-state index contributed by atoms with van der Waals surface area (Å²) in [6, 6.07) is 2.05. The smallest absolute Gasteiger partial charge is 0.170 e. The van der Waals surface area contributed by atoms with Gasteiger partial charge < -0.3 is 9.72 Å². The van der Waals surface area contributed by atoms with Gasteiger partial charge in [0.15, 0.2) is 5.65 Å². The number of nitrogens with one attached hydrogen (secondary N) is 1. The molecule has 0 bridgehead atoms. The van der Waals surface area contributed by atoms with Gasteiger partial charge in [0.2, 0.25) is 0 Å². The van der Waals surface area contributed by atoms with Crippen molar-refractivity contribution in [2.24, 2.45) is 7.05 Å². The number of anilines is 1. The molecule has 3 rings (SSSR count). The standard InChI is InChI=1S/C13H16N6S/c1-4-14-10-8-19-6-5-15-12(19)13(16-10)20-11-7-9(2)17-18(11)3/h5-8,14H,4H2,1-3H3. The maximum Gasteiger partial charge on any atom is 0.170 e. The Hall–Kier alpha value is -2.02. The minimum absolute atomic E-state index is 0.835. The van der Waals surface area contributed by atoms with Crippen molar-refractivity contribution in [1.29, 1.82) is 0 Å². The fourth-order valence-electron chi connectivity index (χ4n) is 2.02. The van der Waals surface area contributed by atoms with Gasteiger partial charge in [0.25, 0.3) is 0 Å². The van der Waals surface area contributed by atoms with E-state index in [9.17, 15) is 0 Å². The van der Waals surface area contributed by atoms with Gasteiger partial charge in [-0.05, 0) is 31.7 Å². The van der Waals surface area contributed by atoms with E-state index in [0.717, 1.165) is 33.8 Å². The molecule has 0 aliphatic heterocycles. The first-order chi connectivity index (χ1) is 9.67. The lowest BCUT2D eigenvalue weighted by Crippen LogP contribution is -2.03. The molecule has 7 heteroatoms. The van der Waals surface area contributed by atoms with Crippen molar-refractivity contribution < 1.29 is 0 Å². The lowest BCUT2D eigenvalue weighted by molar-refractivity contribution is 0.692. The normalized spacial score (nSPS) is 11.2. The molecular weight excluding hydrogens is 272 g/mol. The van der Waals surface area contributed by atoms with Crippen LogP contribution in [0.25, 0.3) is 5.65 Å². The third-order valence-corrected chi connectivity index (χ3v) is 3.92. The van der Waals surface area contributed by atoms with Gasteiger partial charge in [0.1, 0.15) is 15.9 Å². The Bertz CT molecular complexity index is 744. The second kappa shape index (κ2) is 5.16. The zero-order valence-corrected chi connectivity index (χ0v) is 12.5. The van der Waals surface area contributed by atoms with Crippen LogP contribution < -0.4 is 5.32 Å². The van der Waals surface area contributed by atoms with Crippen LogP contribution in [0.5, 0.6) is 0 Å². The lowest BCUT2D eigenvalue weighted by Gasteiger charge is -2.07. The van der Waals surface area contributed by atoms with Crippen molar-refractivity contribution in [1.82, 2.24) is 24.1 Å². The molecule has 0 saturated heterocycles. The van der Waals surface area contributed by atoms with E-state index in [-0.39, 0.29) is 0 Å². The van der Waals surface area contributed by atoms with E-state index >= 15 is 0 Å². The molecule has 0 atom stereocenters. The molecule has 0 aliphatic carbocycles. The van der Waals surface area contributed by atoms with Crippen molar-refractivity contribution in [3.8, 4) is 0 Å². The second-order valence-corrected chi connectivity index (χ2v) is 5.48. The Labute approximate surface area is 121 Å². The molecule has 0 fully saturated rings. The van der Waals surface area contributed by atoms with Gasteiger partial charge >= 0.3 is 0 Å². The maximum absolute atomic E-state index is 4.64. The Morgan fingerprint density at radius 1 is 1.40 bits per heavy atom. The first kappa shape index (κ1) is 13.0. The molecule has 3 heterocycles. The van der Waals surface area contributed by atoms with Gasteiger partial charge in [-0.25, -0.2) is 9.97 Å². The van der Waals surface area contributed by atoms with Gasteiger partial charge in [-0.3, -0.25) is 4.68 Å². The first-order valence-corrected chi connectivity index (χ1v) is 7.25. The van der Waals surface area contributed by atoms with Crippen LogP contribution in [-0.4, -0.2) is 30.7 Å². The summed E-state index contributed by atoms with van der Waals surface area (Å²) in [5.74, 6) is 0.847. The molecule has 0 radical (unpaired) electrons. The van der Waals surface area contributed by atoms with Gasteiger partial charge in [-0.1, -0.05) is 0 Å².